The van der Waals surface area contributed by atoms with E-state index in [2.05, 4.69) is 6.58 Å². The molecular weight excluding hydrogens is 268 g/mol. The molecule has 0 aromatic heterocycles. The van der Waals surface area contributed by atoms with Crippen molar-refractivity contribution in [3.63, 3.8) is 0 Å². The van der Waals surface area contributed by atoms with E-state index in [1.165, 1.54) is 6.08 Å². The Balaban J connectivity index is 2.80. The third kappa shape index (κ3) is 4.75. The monoisotopic (exact) mass is 282 g/mol. The van der Waals surface area contributed by atoms with Gasteiger partial charge in [-0.2, -0.15) is 0 Å². The molecule has 0 unspecified atom stereocenters. The van der Waals surface area contributed by atoms with Gasteiger partial charge < -0.3 is 9.47 Å². The summed E-state index contributed by atoms with van der Waals surface area (Å²) < 4.78 is 10.3. The van der Waals surface area contributed by atoms with Gasteiger partial charge in [-0.15, -0.1) is 0 Å². The summed E-state index contributed by atoms with van der Waals surface area (Å²) in [6.07, 6.45) is 5.60. The number of rotatable bonds is 4. The van der Waals surface area contributed by atoms with Crippen molar-refractivity contribution in [3.8, 4) is 0 Å². The van der Waals surface area contributed by atoms with Gasteiger partial charge in [0.2, 0.25) is 0 Å². The topological polar surface area (TPSA) is 52.6 Å². The Labute approximate surface area is 117 Å². The molecule has 0 spiro atoms. The molecule has 4 nitrogen and oxygen atoms in total. The SMILES string of the molecule is C=CC(=O)O[C@H]1C=CC=C(Cl)[C@H]1OC(=O)C=C(C)C. The Kier molecular flexibility index (Phi) is 5.57. The van der Waals surface area contributed by atoms with E-state index in [9.17, 15) is 9.59 Å². The van der Waals surface area contributed by atoms with Crippen molar-refractivity contribution in [1.29, 1.82) is 0 Å². The average molecular weight is 283 g/mol. The van der Waals surface area contributed by atoms with Crippen molar-refractivity contribution >= 4 is 23.5 Å². The highest BCUT2D eigenvalue weighted by Gasteiger charge is 2.30. The number of hydrogen-bond acceptors (Lipinski definition) is 4. The predicted molar refractivity (Wildman–Crippen MR) is 72.5 cm³/mol. The quantitative estimate of drug-likeness (QED) is 0.587. The van der Waals surface area contributed by atoms with Gasteiger partial charge >= 0.3 is 11.9 Å². The molecule has 1 aliphatic rings. The van der Waals surface area contributed by atoms with Crippen molar-refractivity contribution in [3.05, 3.63) is 47.6 Å². The Bertz CT molecular complexity index is 470. The Morgan fingerprint density at radius 2 is 2.00 bits per heavy atom. The normalized spacial score (nSPS) is 21.1. The second-order valence-electron chi connectivity index (χ2n) is 4.12. The van der Waals surface area contributed by atoms with Crippen LogP contribution in [0, 0.1) is 0 Å². The van der Waals surface area contributed by atoms with Crippen LogP contribution in [0.4, 0.5) is 0 Å². The zero-order valence-corrected chi connectivity index (χ0v) is 11.5. The molecule has 102 valence electrons. The van der Waals surface area contributed by atoms with E-state index in [-0.39, 0.29) is 0 Å². The highest BCUT2D eigenvalue weighted by molar-refractivity contribution is 6.30. The Morgan fingerprint density at radius 3 is 2.58 bits per heavy atom. The molecule has 0 aliphatic heterocycles. The van der Waals surface area contributed by atoms with E-state index in [1.807, 2.05) is 0 Å². The lowest BCUT2D eigenvalue weighted by Gasteiger charge is -2.25. The van der Waals surface area contributed by atoms with Gasteiger partial charge in [-0.25, -0.2) is 9.59 Å². The van der Waals surface area contributed by atoms with Gasteiger partial charge in [-0.05, 0) is 26.0 Å². The lowest BCUT2D eigenvalue weighted by molar-refractivity contribution is -0.155. The molecule has 0 saturated heterocycles. The fourth-order valence-corrected chi connectivity index (χ4v) is 1.65. The van der Waals surface area contributed by atoms with Crippen LogP contribution in [0.1, 0.15) is 13.8 Å². The average Bonchev–Trinajstić information content (AvgIpc) is 2.32. The first-order valence-electron chi connectivity index (χ1n) is 5.66. The van der Waals surface area contributed by atoms with Crippen LogP contribution in [0.5, 0.6) is 0 Å². The van der Waals surface area contributed by atoms with Crippen LogP contribution in [0.25, 0.3) is 0 Å². The third-order valence-corrected chi connectivity index (χ3v) is 2.54. The molecule has 0 amide bonds. The number of ether oxygens (including phenoxy) is 2. The molecular formula is C14H15ClO4. The molecule has 1 aliphatic carbocycles. The Hall–Kier alpha value is -1.81. The number of halogens is 1. The minimum atomic E-state index is -0.835. The molecule has 0 fully saturated rings. The lowest BCUT2D eigenvalue weighted by atomic mass is 10.1. The highest BCUT2D eigenvalue weighted by Crippen LogP contribution is 2.23. The summed E-state index contributed by atoms with van der Waals surface area (Å²) in [5.41, 5.74) is 0.802. The van der Waals surface area contributed by atoms with Crippen molar-refractivity contribution in [2.75, 3.05) is 0 Å². The van der Waals surface area contributed by atoms with E-state index in [1.54, 1.807) is 32.1 Å². The molecule has 0 aromatic carbocycles. The van der Waals surface area contributed by atoms with E-state index in [0.29, 0.717) is 5.03 Å². The fourth-order valence-electron chi connectivity index (χ4n) is 1.41. The maximum atomic E-state index is 11.6. The van der Waals surface area contributed by atoms with Crippen molar-refractivity contribution in [2.24, 2.45) is 0 Å². The van der Waals surface area contributed by atoms with Gasteiger partial charge in [0.05, 0.1) is 5.03 Å². The zero-order chi connectivity index (χ0) is 14.4. The first-order valence-corrected chi connectivity index (χ1v) is 6.04. The van der Waals surface area contributed by atoms with Gasteiger partial charge in [0.1, 0.15) is 0 Å². The zero-order valence-electron chi connectivity index (χ0n) is 10.8. The predicted octanol–water partition coefficient (Wildman–Crippen LogP) is 2.65. The number of carbonyl (C=O) groups is 2. The summed E-state index contributed by atoms with van der Waals surface area (Å²) in [6, 6.07) is 0. The minimum absolute atomic E-state index is 0.292. The van der Waals surface area contributed by atoms with Crippen molar-refractivity contribution in [1.82, 2.24) is 0 Å². The molecule has 0 heterocycles. The number of hydrogen-bond donors (Lipinski definition) is 0. The van der Waals surface area contributed by atoms with Crippen LogP contribution in [0.2, 0.25) is 0 Å². The van der Waals surface area contributed by atoms with Crippen LogP contribution in [0.3, 0.4) is 0 Å². The van der Waals surface area contributed by atoms with Crippen molar-refractivity contribution < 1.29 is 19.1 Å². The van der Waals surface area contributed by atoms with Crippen LogP contribution in [-0.2, 0) is 19.1 Å². The van der Waals surface area contributed by atoms with Gasteiger partial charge in [-0.3, -0.25) is 0 Å². The fraction of sp³-hybridized carbons (Fsp3) is 0.286. The maximum absolute atomic E-state index is 11.6. The van der Waals surface area contributed by atoms with Gasteiger partial charge in [0.15, 0.2) is 12.2 Å². The number of esters is 2. The van der Waals surface area contributed by atoms with Crippen LogP contribution >= 0.6 is 11.6 Å². The summed E-state index contributed by atoms with van der Waals surface area (Å²) in [5.74, 6) is -1.14. The number of allylic oxidation sites excluding steroid dienone is 3. The second-order valence-corrected chi connectivity index (χ2v) is 4.56. The molecule has 0 radical (unpaired) electrons. The summed E-state index contributed by atoms with van der Waals surface area (Å²) >= 11 is 5.98. The molecule has 19 heavy (non-hydrogen) atoms. The van der Waals surface area contributed by atoms with Crippen LogP contribution in [-0.4, -0.2) is 24.1 Å². The standard InChI is InChI=1S/C14H15ClO4/c1-4-12(16)18-11-7-5-6-10(15)14(11)19-13(17)8-9(2)3/h4-8,11,14H,1H2,2-3H3/t11-,14+/m0/s1. The number of carbonyl (C=O) groups excluding carboxylic acids is 2. The summed E-state index contributed by atoms with van der Waals surface area (Å²) in [7, 11) is 0. The molecule has 0 aromatic rings. The van der Waals surface area contributed by atoms with E-state index >= 15 is 0 Å². The first kappa shape index (κ1) is 15.2. The van der Waals surface area contributed by atoms with Crippen LogP contribution in [0.15, 0.2) is 47.6 Å². The van der Waals surface area contributed by atoms with Gasteiger partial charge in [0.25, 0.3) is 0 Å². The van der Waals surface area contributed by atoms with Crippen molar-refractivity contribution in [2.45, 2.75) is 26.1 Å². The van der Waals surface area contributed by atoms with E-state index < -0.39 is 24.1 Å². The van der Waals surface area contributed by atoms with Gasteiger partial charge in [0, 0.05) is 12.2 Å². The van der Waals surface area contributed by atoms with E-state index in [4.69, 9.17) is 21.1 Å². The smallest absolute Gasteiger partial charge is 0.331 e. The molecule has 0 saturated carbocycles. The highest BCUT2D eigenvalue weighted by atomic mass is 35.5. The molecule has 0 N–H and O–H groups in total. The minimum Gasteiger partial charge on any atom is -0.451 e. The first-order chi connectivity index (χ1) is 8.93. The van der Waals surface area contributed by atoms with E-state index in [0.717, 1.165) is 11.6 Å². The second kappa shape index (κ2) is 6.95. The largest absolute Gasteiger partial charge is 0.451 e. The summed E-state index contributed by atoms with van der Waals surface area (Å²) in [5, 5.41) is 0.292. The lowest BCUT2D eigenvalue weighted by Crippen LogP contribution is -2.35. The maximum Gasteiger partial charge on any atom is 0.331 e. The molecule has 0 bridgehead atoms. The van der Waals surface area contributed by atoms with Crippen LogP contribution < -0.4 is 0 Å². The Morgan fingerprint density at radius 1 is 1.32 bits per heavy atom. The summed E-state index contributed by atoms with van der Waals surface area (Å²) in [6.45, 7) is 6.85. The molecule has 2 atom stereocenters. The third-order valence-electron chi connectivity index (χ3n) is 2.19. The molecule has 5 heteroatoms. The summed E-state index contributed by atoms with van der Waals surface area (Å²) in [4.78, 5) is 22.8. The molecule has 1 rings (SSSR count). The van der Waals surface area contributed by atoms with Gasteiger partial charge in [-0.1, -0.05) is 29.8 Å².